The SMILES string of the molecule is CC(C)c1cccc(OCCCNc2ccccc2)c1. The van der Waals surface area contributed by atoms with Crippen LogP contribution in [0.3, 0.4) is 0 Å². The summed E-state index contributed by atoms with van der Waals surface area (Å²) in [6.07, 6.45) is 0.987. The molecule has 106 valence electrons. The Bertz CT molecular complexity index is 508. The number of hydrogen-bond acceptors (Lipinski definition) is 2. The van der Waals surface area contributed by atoms with Crippen LogP contribution < -0.4 is 10.1 Å². The summed E-state index contributed by atoms with van der Waals surface area (Å²) in [5.41, 5.74) is 2.49. The molecule has 0 bridgehead atoms. The number of rotatable bonds is 7. The Kier molecular flexibility index (Phi) is 5.48. The summed E-state index contributed by atoms with van der Waals surface area (Å²) in [4.78, 5) is 0. The minimum absolute atomic E-state index is 0.540. The highest BCUT2D eigenvalue weighted by molar-refractivity contribution is 5.42. The van der Waals surface area contributed by atoms with Crippen molar-refractivity contribution in [1.82, 2.24) is 0 Å². The van der Waals surface area contributed by atoms with Gasteiger partial charge in [-0.25, -0.2) is 0 Å². The van der Waals surface area contributed by atoms with Crippen LogP contribution in [-0.2, 0) is 0 Å². The Morgan fingerprint density at radius 1 is 1.00 bits per heavy atom. The minimum atomic E-state index is 0.540. The molecular weight excluding hydrogens is 246 g/mol. The maximum Gasteiger partial charge on any atom is 0.119 e. The van der Waals surface area contributed by atoms with Crippen molar-refractivity contribution in [2.24, 2.45) is 0 Å². The summed E-state index contributed by atoms with van der Waals surface area (Å²) < 4.78 is 5.79. The highest BCUT2D eigenvalue weighted by Crippen LogP contribution is 2.20. The number of hydrogen-bond donors (Lipinski definition) is 1. The monoisotopic (exact) mass is 269 g/mol. The number of anilines is 1. The lowest BCUT2D eigenvalue weighted by molar-refractivity contribution is 0.314. The molecule has 2 nitrogen and oxygen atoms in total. The van der Waals surface area contributed by atoms with Crippen molar-refractivity contribution in [3.63, 3.8) is 0 Å². The second-order valence-electron chi connectivity index (χ2n) is 5.22. The summed E-state index contributed by atoms with van der Waals surface area (Å²) in [6.45, 7) is 6.06. The van der Waals surface area contributed by atoms with Gasteiger partial charge in [0.25, 0.3) is 0 Å². The second-order valence-corrected chi connectivity index (χ2v) is 5.22. The summed E-state index contributed by atoms with van der Waals surface area (Å²) >= 11 is 0. The molecular formula is C18H23NO. The van der Waals surface area contributed by atoms with Crippen LogP contribution in [-0.4, -0.2) is 13.2 Å². The third-order valence-corrected chi connectivity index (χ3v) is 3.22. The first kappa shape index (κ1) is 14.4. The van der Waals surface area contributed by atoms with Crippen molar-refractivity contribution in [3.05, 3.63) is 60.2 Å². The van der Waals surface area contributed by atoms with Crippen molar-refractivity contribution in [1.29, 1.82) is 0 Å². The van der Waals surface area contributed by atoms with Crippen LogP contribution in [0.4, 0.5) is 5.69 Å². The molecule has 0 amide bonds. The summed E-state index contributed by atoms with van der Waals surface area (Å²) in [6, 6.07) is 18.6. The highest BCUT2D eigenvalue weighted by atomic mass is 16.5. The van der Waals surface area contributed by atoms with E-state index in [2.05, 4.69) is 49.5 Å². The molecule has 0 radical (unpaired) electrons. The van der Waals surface area contributed by atoms with E-state index >= 15 is 0 Å². The Morgan fingerprint density at radius 2 is 1.80 bits per heavy atom. The van der Waals surface area contributed by atoms with Crippen LogP contribution in [0, 0.1) is 0 Å². The number of para-hydroxylation sites is 1. The Balaban J connectivity index is 1.69. The molecule has 2 heteroatoms. The van der Waals surface area contributed by atoms with Gasteiger partial charge in [0.05, 0.1) is 6.61 Å². The molecule has 0 saturated carbocycles. The molecule has 0 aliphatic heterocycles. The molecule has 0 atom stereocenters. The summed E-state index contributed by atoms with van der Waals surface area (Å²) in [5, 5.41) is 3.38. The highest BCUT2D eigenvalue weighted by Gasteiger charge is 2.00. The molecule has 2 rings (SSSR count). The van der Waals surface area contributed by atoms with Crippen LogP contribution in [0.15, 0.2) is 54.6 Å². The summed E-state index contributed by atoms with van der Waals surface area (Å²) in [7, 11) is 0. The van der Waals surface area contributed by atoms with Crippen molar-refractivity contribution in [2.45, 2.75) is 26.2 Å². The molecule has 0 aliphatic carbocycles. The largest absolute Gasteiger partial charge is 0.494 e. The van der Waals surface area contributed by atoms with Gasteiger partial charge >= 0.3 is 0 Å². The fraction of sp³-hybridized carbons (Fsp3) is 0.333. The molecule has 0 saturated heterocycles. The Morgan fingerprint density at radius 3 is 2.55 bits per heavy atom. The van der Waals surface area contributed by atoms with Gasteiger partial charge < -0.3 is 10.1 Å². The van der Waals surface area contributed by atoms with E-state index in [1.165, 1.54) is 5.56 Å². The maximum absolute atomic E-state index is 5.79. The third kappa shape index (κ3) is 4.61. The van der Waals surface area contributed by atoms with Crippen molar-refractivity contribution < 1.29 is 4.74 Å². The number of nitrogens with one attached hydrogen (secondary N) is 1. The van der Waals surface area contributed by atoms with Crippen molar-refractivity contribution in [3.8, 4) is 5.75 Å². The minimum Gasteiger partial charge on any atom is -0.494 e. The molecule has 1 N–H and O–H groups in total. The van der Waals surface area contributed by atoms with Crippen LogP contribution >= 0.6 is 0 Å². The molecule has 20 heavy (non-hydrogen) atoms. The van der Waals surface area contributed by atoms with Gasteiger partial charge in [0.1, 0.15) is 5.75 Å². The van der Waals surface area contributed by atoms with Gasteiger partial charge in [-0.1, -0.05) is 44.2 Å². The molecule has 0 heterocycles. The topological polar surface area (TPSA) is 21.3 Å². The van der Waals surface area contributed by atoms with Crippen molar-refractivity contribution >= 4 is 5.69 Å². The zero-order valence-corrected chi connectivity index (χ0v) is 12.3. The van der Waals surface area contributed by atoms with E-state index < -0.39 is 0 Å². The molecule has 2 aromatic carbocycles. The zero-order valence-electron chi connectivity index (χ0n) is 12.3. The lowest BCUT2D eigenvalue weighted by Crippen LogP contribution is -2.07. The quantitative estimate of drug-likeness (QED) is 0.736. The van der Waals surface area contributed by atoms with Gasteiger partial charge in [-0.2, -0.15) is 0 Å². The summed E-state index contributed by atoms with van der Waals surface area (Å²) in [5.74, 6) is 1.51. The average Bonchev–Trinajstić information content (AvgIpc) is 2.48. The normalized spacial score (nSPS) is 10.6. The van der Waals surface area contributed by atoms with Gasteiger partial charge in [0.15, 0.2) is 0 Å². The molecule has 2 aromatic rings. The fourth-order valence-electron chi connectivity index (χ4n) is 2.01. The smallest absolute Gasteiger partial charge is 0.119 e. The van der Waals surface area contributed by atoms with Gasteiger partial charge in [0.2, 0.25) is 0 Å². The molecule has 0 aliphatic rings. The van der Waals surface area contributed by atoms with Gasteiger partial charge in [-0.05, 0) is 42.2 Å². The lowest BCUT2D eigenvalue weighted by Gasteiger charge is -2.10. The van der Waals surface area contributed by atoms with Gasteiger partial charge in [0, 0.05) is 12.2 Å². The van der Waals surface area contributed by atoms with E-state index in [4.69, 9.17) is 4.74 Å². The van der Waals surface area contributed by atoms with E-state index in [1.54, 1.807) is 0 Å². The fourth-order valence-corrected chi connectivity index (χ4v) is 2.01. The molecule has 0 spiro atoms. The van der Waals surface area contributed by atoms with Crippen LogP contribution in [0.1, 0.15) is 31.7 Å². The number of ether oxygens (including phenoxy) is 1. The first-order valence-electron chi connectivity index (χ1n) is 7.27. The Hall–Kier alpha value is -1.96. The zero-order chi connectivity index (χ0) is 14.2. The van der Waals surface area contributed by atoms with Gasteiger partial charge in [-0.15, -0.1) is 0 Å². The van der Waals surface area contributed by atoms with E-state index in [9.17, 15) is 0 Å². The second kappa shape index (κ2) is 7.59. The van der Waals surface area contributed by atoms with Crippen LogP contribution in [0.2, 0.25) is 0 Å². The van der Waals surface area contributed by atoms with Crippen LogP contribution in [0.5, 0.6) is 5.75 Å². The molecule has 0 unspecified atom stereocenters. The maximum atomic E-state index is 5.79. The first-order valence-corrected chi connectivity index (χ1v) is 7.27. The van der Waals surface area contributed by atoms with E-state index in [-0.39, 0.29) is 0 Å². The molecule has 0 fully saturated rings. The first-order chi connectivity index (χ1) is 9.75. The van der Waals surface area contributed by atoms with Crippen molar-refractivity contribution in [2.75, 3.05) is 18.5 Å². The van der Waals surface area contributed by atoms with E-state index in [0.717, 1.165) is 31.0 Å². The standard InChI is InChI=1S/C18H23NO/c1-15(2)16-8-6-11-18(14-16)20-13-7-12-19-17-9-4-3-5-10-17/h3-6,8-11,14-15,19H,7,12-13H2,1-2H3. The van der Waals surface area contributed by atoms with Crippen LogP contribution in [0.25, 0.3) is 0 Å². The van der Waals surface area contributed by atoms with Gasteiger partial charge in [-0.3, -0.25) is 0 Å². The predicted molar refractivity (Wildman–Crippen MR) is 85.6 cm³/mol. The van der Waals surface area contributed by atoms with E-state index in [1.807, 2.05) is 24.3 Å². The predicted octanol–water partition coefficient (Wildman–Crippen LogP) is 4.69. The third-order valence-electron chi connectivity index (χ3n) is 3.22. The number of benzene rings is 2. The molecule has 0 aromatic heterocycles. The Labute approximate surface area is 121 Å². The lowest BCUT2D eigenvalue weighted by atomic mass is 10.0. The average molecular weight is 269 g/mol. The van der Waals surface area contributed by atoms with E-state index in [0.29, 0.717) is 5.92 Å².